The van der Waals surface area contributed by atoms with Crippen molar-refractivity contribution in [2.24, 2.45) is 0 Å². The van der Waals surface area contributed by atoms with Gasteiger partial charge in [-0.05, 0) is 57.3 Å². The number of hydrogen-bond acceptors (Lipinski definition) is 3. The van der Waals surface area contributed by atoms with Crippen LogP contribution < -0.4 is 5.32 Å². The minimum absolute atomic E-state index is 0.685. The number of aromatic nitrogens is 1. The van der Waals surface area contributed by atoms with Crippen molar-refractivity contribution in [1.82, 2.24) is 9.88 Å². The summed E-state index contributed by atoms with van der Waals surface area (Å²) < 4.78 is 0. The van der Waals surface area contributed by atoms with Gasteiger partial charge in [0.2, 0.25) is 0 Å². The molecule has 2 heterocycles. The van der Waals surface area contributed by atoms with E-state index in [1.165, 1.54) is 43.5 Å². The minimum Gasteiger partial charge on any atom is -0.368 e. The number of rotatable bonds is 3. The van der Waals surface area contributed by atoms with Gasteiger partial charge >= 0.3 is 0 Å². The largest absolute Gasteiger partial charge is 0.368 e. The van der Waals surface area contributed by atoms with E-state index in [4.69, 9.17) is 4.98 Å². The van der Waals surface area contributed by atoms with Crippen molar-refractivity contribution >= 4 is 5.82 Å². The number of anilines is 1. The van der Waals surface area contributed by atoms with Gasteiger partial charge in [-0.1, -0.05) is 6.07 Å². The van der Waals surface area contributed by atoms with Crippen LogP contribution in [0.1, 0.15) is 30.5 Å². The van der Waals surface area contributed by atoms with Gasteiger partial charge in [0, 0.05) is 18.3 Å². The molecule has 1 saturated heterocycles. The molecule has 2 aliphatic rings. The van der Waals surface area contributed by atoms with E-state index in [1.54, 1.807) is 0 Å². The molecule has 1 N–H and O–H groups in total. The molecule has 1 unspecified atom stereocenters. The van der Waals surface area contributed by atoms with Crippen LogP contribution >= 0.6 is 0 Å². The average molecular weight is 231 g/mol. The molecule has 0 spiro atoms. The zero-order valence-electron chi connectivity index (χ0n) is 10.6. The van der Waals surface area contributed by atoms with Crippen molar-refractivity contribution in [3.8, 4) is 0 Å². The lowest BCUT2D eigenvalue weighted by Crippen LogP contribution is -2.31. The van der Waals surface area contributed by atoms with Crippen LogP contribution in [0.25, 0.3) is 0 Å². The lowest BCUT2D eigenvalue weighted by molar-refractivity contribution is 0.322. The monoisotopic (exact) mass is 231 g/mol. The van der Waals surface area contributed by atoms with Gasteiger partial charge in [-0.2, -0.15) is 0 Å². The zero-order chi connectivity index (χ0) is 11.7. The zero-order valence-corrected chi connectivity index (χ0v) is 10.6. The summed E-state index contributed by atoms with van der Waals surface area (Å²) in [6, 6.07) is 5.07. The molecule has 17 heavy (non-hydrogen) atoms. The number of likely N-dealkylation sites (N-methyl/N-ethyl adjacent to an activating group) is 1. The van der Waals surface area contributed by atoms with E-state index in [1.807, 2.05) is 0 Å². The quantitative estimate of drug-likeness (QED) is 0.863. The van der Waals surface area contributed by atoms with Crippen molar-refractivity contribution in [3.05, 3.63) is 23.4 Å². The van der Waals surface area contributed by atoms with Crippen molar-refractivity contribution in [2.45, 2.75) is 38.1 Å². The molecule has 0 saturated carbocycles. The topological polar surface area (TPSA) is 28.2 Å². The van der Waals surface area contributed by atoms with Gasteiger partial charge in [0.25, 0.3) is 0 Å². The second kappa shape index (κ2) is 4.65. The van der Waals surface area contributed by atoms with E-state index in [9.17, 15) is 0 Å². The Hall–Kier alpha value is -1.09. The normalized spacial score (nSPS) is 23.9. The third-order valence-corrected chi connectivity index (χ3v) is 4.12. The molecule has 1 aromatic heterocycles. The summed E-state index contributed by atoms with van der Waals surface area (Å²) in [5.41, 5.74) is 2.77. The number of likely N-dealkylation sites (tertiary alicyclic amines) is 1. The lowest BCUT2D eigenvalue weighted by atomic mass is 10.2. The number of hydrogen-bond donors (Lipinski definition) is 1. The summed E-state index contributed by atoms with van der Waals surface area (Å²) >= 11 is 0. The Morgan fingerprint density at radius 2 is 2.29 bits per heavy atom. The Morgan fingerprint density at radius 3 is 3.12 bits per heavy atom. The first-order chi connectivity index (χ1) is 8.33. The molecule has 1 aliphatic heterocycles. The summed E-state index contributed by atoms with van der Waals surface area (Å²) in [5, 5.41) is 3.49. The third kappa shape index (κ3) is 2.29. The second-order valence-electron chi connectivity index (χ2n) is 5.31. The number of fused-ring (bicyclic) bond motifs is 1. The predicted molar refractivity (Wildman–Crippen MR) is 70.4 cm³/mol. The highest BCUT2D eigenvalue weighted by atomic mass is 15.2. The molecule has 3 rings (SSSR count). The van der Waals surface area contributed by atoms with Crippen molar-refractivity contribution in [3.63, 3.8) is 0 Å². The number of nitrogens with one attached hydrogen (secondary N) is 1. The smallest absolute Gasteiger partial charge is 0.126 e. The Labute approximate surface area is 103 Å². The van der Waals surface area contributed by atoms with Gasteiger partial charge in [0.1, 0.15) is 5.82 Å². The highest BCUT2D eigenvalue weighted by Crippen LogP contribution is 2.22. The van der Waals surface area contributed by atoms with Crippen LogP contribution in [0.4, 0.5) is 5.82 Å². The SMILES string of the molecule is CN1CCCC1CNc1ccc2c(n1)CCC2. The maximum atomic E-state index is 4.71. The van der Waals surface area contributed by atoms with Crippen LogP contribution in [-0.2, 0) is 12.8 Å². The van der Waals surface area contributed by atoms with Gasteiger partial charge < -0.3 is 10.2 Å². The molecule has 3 heteroatoms. The average Bonchev–Trinajstić information content (AvgIpc) is 2.94. The van der Waals surface area contributed by atoms with Crippen molar-refractivity contribution < 1.29 is 0 Å². The van der Waals surface area contributed by atoms with E-state index in [2.05, 4.69) is 29.4 Å². The van der Waals surface area contributed by atoms with Crippen molar-refractivity contribution in [1.29, 1.82) is 0 Å². The van der Waals surface area contributed by atoms with Crippen LogP contribution in [0.15, 0.2) is 12.1 Å². The predicted octanol–water partition coefficient (Wildman–Crippen LogP) is 2.08. The molecule has 0 bridgehead atoms. The molecular weight excluding hydrogens is 210 g/mol. The fourth-order valence-corrected chi connectivity index (χ4v) is 2.98. The third-order valence-electron chi connectivity index (χ3n) is 4.12. The summed E-state index contributed by atoms with van der Waals surface area (Å²) in [6.45, 7) is 2.27. The van der Waals surface area contributed by atoms with Gasteiger partial charge in [0.15, 0.2) is 0 Å². The molecule has 1 aromatic rings. The van der Waals surface area contributed by atoms with Crippen LogP contribution in [0.5, 0.6) is 0 Å². The Morgan fingerprint density at radius 1 is 1.35 bits per heavy atom. The van der Waals surface area contributed by atoms with Gasteiger partial charge in [-0.3, -0.25) is 0 Å². The Bertz CT molecular complexity index is 402. The van der Waals surface area contributed by atoms with Gasteiger partial charge in [-0.15, -0.1) is 0 Å². The van der Waals surface area contributed by atoms with Crippen LogP contribution in [-0.4, -0.2) is 36.1 Å². The summed E-state index contributed by atoms with van der Waals surface area (Å²) in [4.78, 5) is 7.15. The molecule has 0 amide bonds. The Kier molecular flexibility index (Phi) is 3.02. The van der Waals surface area contributed by atoms with E-state index in [0.29, 0.717) is 6.04 Å². The van der Waals surface area contributed by atoms with Crippen LogP contribution in [0.2, 0.25) is 0 Å². The highest BCUT2D eigenvalue weighted by Gasteiger charge is 2.20. The second-order valence-corrected chi connectivity index (χ2v) is 5.31. The minimum atomic E-state index is 0.685. The molecule has 92 valence electrons. The lowest BCUT2D eigenvalue weighted by Gasteiger charge is -2.20. The highest BCUT2D eigenvalue weighted by molar-refractivity contribution is 5.40. The maximum absolute atomic E-state index is 4.71. The van der Waals surface area contributed by atoms with E-state index < -0.39 is 0 Å². The first-order valence-corrected chi connectivity index (χ1v) is 6.76. The molecule has 3 nitrogen and oxygen atoms in total. The standard InChI is InChI=1S/C14H21N3/c1-17-9-3-5-12(17)10-15-14-8-7-11-4-2-6-13(11)16-14/h7-8,12H,2-6,9-10H2,1H3,(H,15,16). The number of pyridine rings is 1. The maximum Gasteiger partial charge on any atom is 0.126 e. The van der Waals surface area contributed by atoms with Gasteiger partial charge in [0.05, 0.1) is 0 Å². The first kappa shape index (κ1) is 11.0. The summed E-state index contributed by atoms with van der Waals surface area (Å²) in [5.74, 6) is 1.06. The summed E-state index contributed by atoms with van der Waals surface area (Å²) in [7, 11) is 2.22. The molecule has 1 atom stereocenters. The van der Waals surface area contributed by atoms with E-state index >= 15 is 0 Å². The van der Waals surface area contributed by atoms with Crippen LogP contribution in [0.3, 0.4) is 0 Å². The van der Waals surface area contributed by atoms with E-state index in [0.717, 1.165) is 18.8 Å². The van der Waals surface area contributed by atoms with E-state index in [-0.39, 0.29) is 0 Å². The molecule has 1 aliphatic carbocycles. The summed E-state index contributed by atoms with van der Waals surface area (Å²) in [6.07, 6.45) is 6.30. The Balaban J connectivity index is 1.61. The van der Waals surface area contributed by atoms with Gasteiger partial charge in [-0.25, -0.2) is 4.98 Å². The molecule has 0 aromatic carbocycles. The molecule has 0 radical (unpaired) electrons. The fraction of sp³-hybridized carbons (Fsp3) is 0.643. The molecular formula is C14H21N3. The van der Waals surface area contributed by atoms with Crippen molar-refractivity contribution in [2.75, 3.05) is 25.5 Å². The fourth-order valence-electron chi connectivity index (χ4n) is 2.98. The first-order valence-electron chi connectivity index (χ1n) is 6.76. The van der Waals surface area contributed by atoms with Crippen LogP contribution in [0, 0.1) is 0 Å². The number of aryl methyl sites for hydroxylation is 2. The molecule has 1 fully saturated rings. The number of nitrogens with zero attached hydrogens (tertiary/aromatic N) is 2.